The first kappa shape index (κ1) is 16.2. The van der Waals surface area contributed by atoms with Gasteiger partial charge in [-0.1, -0.05) is 23.4 Å². The van der Waals surface area contributed by atoms with Gasteiger partial charge in [0.15, 0.2) is 5.82 Å². The number of ether oxygens (including phenoxy) is 1. The average Bonchev–Trinajstić information content (AvgIpc) is 3.42. The first-order valence-electron chi connectivity index (χ1n) is 8.86. The molecular weight excluding hydrogens is 348 g/mol. The number of carbonyl (C=O) groups excluding carboxylic acids is 2. The molecule has 8 nitrogen and oxygen atoms in total. The summed E-state index contributed by atoms with van der Waals surface area (Å²) in [4.78, 5) is 31.6. The topological polar surface area (TPSA) is 97.6 Å². The fourth-order valence-corrected chi connectivity index (χ4v) is 4.28. The quantitative estimate of drug-likeness (QED) is 0.810. The second kappa shape index (κ2) is 5.75. The lowest BCUT2D eigenvalue weighted by molar-refractivity contribution is -0.132. The number of aromatic nitrogens is 2. The lowest BCUT2D eigenvalue weighted by Crippen LogP contribution is -2.44. The van der Waals surface area contributed by atoms with Crippen molar-refractivity contribution in [3.63, 3.8) is 0 Å². The van der Waals surface area contributed by atoms with Gasteiger partial charge in [-0.3, -0.25) is 19.5 Å². The van der Waals surface area contributed by atoms with E-state index in [-0.39, 0.29) is 17.9 Å². The Morgan fingerprint density at radius 2 is 2.37 bits per heavy atom. The number of rotatable bonds is 4. The van der Waals surface area contributed by atoms with Crippen LogP contribution in [0.3, 0.4) is 0 Å². The van der Waals surface area contributed by atoms with Gasteiger partial charge in [0.05, 0.1) is 24.5 Å². The number of hydrogen-bond donors (Lipinski definition) is 1. The molecule has 8 heteroatoms. The molecule has 2 aromatic rings. The monoisotopic (exact) mass is 366 g/mol. The molecule has 5 rings (SSSR count). The minimum Gasteiger partial charge on any atom is -0.360 e. The van der Waals surface area contributed by atoms with Crippen LogP contribution >= 0.6 is 0 Å². The number of amides is 2. The number of nitrogens with one attached hydrogen (secondary N) is 1. The number of hydrogen-bond acceptors (Lipinski definition) is 6. The van der Waals surface area contributed by atoms with Gasteiger partial charge in [0.2, 0.25) is 11.8 Å². The van der Waals surface area contributed by atoms with E-state index in [1.807, 2.05) is 24.3 Å². The smallest absolute Gasteiger partial charge is 0.235 e. The van der Waals surface area contributed by atoms with Crippen LogP contribution in [-0.4, -0.2) is 40.2 Å². The van der Waals surface area contributed by atoms with Crippen molar-refractivity contribution in [3.8, 4) is 0 Å². The summed E-state index contributed by atoms with van der Waals surface area (Å²) in [7, 11) is 0. The first-order valence-corrected chi connectivity index (χ1v) is 8.86. The SMILES string of the molecule is Cc1cc(N2C[C@]34C=C[C@@H](O3)[C@H](C(=O)NCc3cccnc3)[C@H]4C2=O)no1. The van der Waals surface area contributed by atoms with E-state index in [0.29, 0.717) is 24.7 Å². The molecule has 5 heterocycles. The third-order valence-corrected chi connectivity index (χ3v) is 5.48. The molecule has 4 atom stereocenters. The van der Waals surface area contributed by atoms with Crippen molar-refractivity contribution >= 4 is 17.6 Å². The van der Waals surface area contributed by atoms with Crippen molar-refractivity contribution < 1.29 is 18.8 Å². The number of anilines is 1. The summed E-state index contributed by atoms with van der Waals surface area (Å²) in [6, 6.07) is 5.42. The molecule has 27 heavy (non-hydrogen) atoms. The Morgan fingerprint density at radius 3 is 3.11 bits per heavy atom. The Hall–Kier alpha value is -3.00. The molecule has 0 saturated carbocycles. The van der Waals surface area contributed by atoms with Crippen LogP contribution in [0.25, 0.3) is 0 Å². The zero-order valence-corrected chi connectivity index (χ0v) is 14.7. The maximum absolute atomic E-state index is 13.1. The molecule has 0 aromatic carbocycles. The highest BCUT2D eigenvalue weighted by Gasteiger charge is 2.67. The van der Waals surface area contributed by atoms with E-state index in [4.69, 9.17) is 9.26 Å². The number of aryl methyl sites for hydroxylation is 1. The highest BCUT2D eigenvalue weighted by atomic mass is 16.5. The molecule has 2 saturated heterocycles. The summed E-state index contributed by atoms with van der Waals surface area (Å²) >= 11 is 0. The predicted octanol–water partition coefficient (Wildman–Crippen LogP) is 0.981. The van der Waals surface area contributed by atoms with Crippen LogP contribution in [0.15, 0.2) is 47.3 Å². The molecule has 2 bridgehead atoms. The molecule has 1 N–H and O–H groups in total. The van der Waals surface area contributed by atoms with Crippen molar-refractivity contribution in [1.82, 2.24) is 15.5 Å². The highest BCUT2D eigenvalue weighted by Crippen LogP contribution is 2.52. The van der Waals surface area contributed by atoms with E-state index in [1.165, 1.54) is 0 Å². The number of fused-ring (bicyclic) bond motifs is 1. The van der Waals surface area contributed by atoms with Gasteiger partial charge in [0, 0.05) is 25.0 Å². The Balaban J connectivity index is 1.38. The second-order valence-corrected chi connectivity index (χ2v) is 7.20. The van der Waals surface area contributed by atoms with E-state index in [9.17, 15) is 9.59 Å². The van der Waals surface area contributed by atoms with Crippen LogP contribution < -0.4 is 10.2 Å². The van der Waals surface area contributed by atoms with Crippen molar-refractivity contribution in [1.29, 1.82) is 0 Å². The summed E-state index contributed by atoms with van der Waals surface area (Å²) in [6.07, 6.45) is 6.80. The Morgan fingerprint density at radius 1 is 1.48 bits per heavy atom. The van der Waals surface area contributed by atoms with Crippen molar-refractivity contribution in [2.24, 2.45) is 11.8 Å². The minimum atomic E-state index is -0.773. The molecule has 2 aromatic heterocycles. The molecule has 0 unspecified atom stereocenters. The lowest BCUT2D eigenvalue weighted by atomic mass is 9.77. The molecule has 3 aliphatic rings. The molecule has 1 spiro atoms. The van der Waals surface area contributed by atoms with Gasteiger partial charge < -0.3 is 14.6 Å². The Labute approximate surface area is 155 Å². The minimum absolute atomic E-state index is 0.156. The van der Waals surface area contributed by atoms with E-state index in [2.05, 4.69) is 15.5 Å². The maximum atomic E-state index is 13.1. The molecule has 2 amide bonds. The molecule has 0 aliphatic carbocycles. The van der Waals surface area contributed by atoms with Gasteiger partial charge in [-0.15, -0.1) is 0 Å². The fraction of sp³-hybridized carbons (Fsp3) is 0.368. The van der Waals surface area contributed by atoms with Gasteiger partial charge in [-0.2, -0.15) is 0 Å². The van der Waals surface area contributed by atoms with Crippen LogP contribution in [0.4, 0.5) is 5.82 Å². The Bertz CT molecular complexity index is 940. The standard InChI is InChI=1S/C19H18N4O4/c1-11-7-14(22-27-11)23-10-19-5-4-13(26-19)15(16(19)18(23)25)17(24)21-9-12-3-2-6-20-8-12/h2-8,13,15-16H,9-10H2,1H3,(H,21,24)/t13-,15+,16+,19+/m1/s1. The van der Waals surface area contributed by atoms with Gasteiger partial charge in [-0.25, -0.2) is 0 Å². The van der Waals surface area contributed by atoms with Crippen molar-refractivity contribution in [2.75, 3.05) is 11.4 Å². The van der Waals surface area contributed by atoms with Crippen molar-refractivity contribution in [2.45, 2.75) is 25.2 Å². The summed E-state index contributed by atoms with van der Waals surface area (Å²) in [5, 5.41) is 6.86. The van der Waals surface area contributed by atoms with Crippen LogP contribution in [0.2, 0.25) is 0 Å². The van der Waals surface area contributed by atoms with Gasteiger partial charge in [0.1, 0.15) is 11.4 Å². The number of nitrogens with zero attached hydrogens (tertiary/aromatic N) is 3. The summed E-state index contributed by atoms with van der Waals surface area (Å²) in [6.45, 7) is 2.47. The maximum Gasteiger partial charge on any atom is 0.235 e. The summed E-state index contributed by atoms with van der Waals surface area (Å²) in [5.74, 6) is -0.381. The highest BCUT2D eigenvalue weighted by molar-refractivity contribution is 6.02. The van der Waals surface area contributed by atoms with Gasteiger partial charge >= 0.3 is 0 Å². The third-order valence-electron chi connectivity index (χ3n) is 5.48. The zero-order chi connectivity index (χ0) is 18.6. The number of carbonyl (C=O) groups is 2. The molecule has 3 aliphatic heterocycles. The van der Waals surface area contributed by atoms with Crippen LogP contribution in [0.5, 0.6) is 0 Å². The molecule has 138 valence electrons. The first-order chi connectivity index (χ1) is 13.1. The predicted molar refractivity (Wildman–Crippen MR) is 93.4 cm³/mol. The van der Waals surface area contributed by atoms with E-state index < -0.39 is 17.4 Å². The fourth-order valence-electron chi connectivity index (χ4n) is 4.28. The second-order valence-electron chi connectivity index (χ2n) is 7.20. The number of pyridine rings is 1. The average molecular weight is 366 g/mol. The largest absolute Gasteiger partial charge is 0.360 e. The van der Waals surface area contributed by atoms with Crippen molar-refractivity contribution in [3.05, 3.63) is 54.1 Å². The van der Waals surface area contributed by atoms with Crippen LogP contribution in [0.1, 0.15) is 11.3 Å². The van der Waals surface area contributed by atoms with Gasteiger partial charge in [0.25, 0.3) is 0 Å². The summed E-state index contributed by atoms with van der Waals surface area (Å²) < 4.78 is 11.2. The van der Waals surface area contributed by atoms with Gasteiger partial charge in [-0.05, 0) is 18.6 Å². The van der Waals surface area contributed by atoms with E-state index >= 15 is 0 Å². The zero-order valence-electron chi connectivity index (χ0n) is 14.7. The van der Waals surface area contributed by atoms with Crippen LogP contribution in [0, 0.1) is 18.8 Å². The molecular formula is C19H18N4O4. The summed E-state index contributed by atoms with van der Waals surface area (Å²) in [5.41, 5.74) is 0.128. The Kier molecular flexibility index (Phi) is 3.45. The van der Waals surface area contributed by atoms with E-state index in [0.717, 1.165) is 5.56 Å². The van der Waals surface area contributed by atoms with Crippen LogP contribution in [-0.2, 0) is 20.9 Å². The lowest BCUT2D eigenvalue weighted by Gasteiger charge is -2.23. The molecule has 0 radical (unpaired) electrons. The normalized spacial score (nSPS) is 30.8. The van der Waals surface area contributed by atoms with E-state index in [1.54, 1.807) is 30.3 Å². The third kappa shape index (κ3) is 2.40. The molecule has 2 fully saturated rings.